The molecule has 0 amide bonds. The van der Waals surface area contributed by atoms with Gasteiger partial charge in [0.25, 0.3) is 0 Å². The van der Waals surface area contributed by atoms with Gasteiger partial charge in [0.15, 0.2) is 23.6 Å². The van der Waals surface area contributed by atoms with E-state index in [1.807, 2.05) is 0 Å². The monoisotopic (exact) mass is 839 g/mol. The minimum absolute atomic E-state index is 0.0173. The van der Waals surface area contributed by atoms with Gasteiger partial charge in [-0.1, -0.05) is 44.2 Å². The van der Waals surface area contributed by atoms with Crippen molar-refractivity contribution in [2.45, 2.75) is 108 Å². The Morgan fingerprint density at radius 2 is 1.75 bits per heavy atom. The lowest BCUT2D eigenvalue weighted by Crippen LogP contribution is -2.53. The number of phenolic OH excluding ortho intramolecular Hbond substituents is 2. The standard InChI is InChI=1S/C27H29NO11.C20H24O2/c1-10-22(31)13(28)6-17(38-10)39-15-8-27(36,16(30)9-29)7-12-19(15)26(35)21-20(24(12)33)23(32)11-4-3-5-14(37-2)18(11)25(21)34;1-12-10-14-15-4-5-18(22)20(15,3)9-7-16(14)19(2)8-6-13(21)11-17(12)19/h3-5,10,13,15,17,22,29,31,33,35-36H,6-9,28H2,1-2H3;6,8,11,14-16H,1,4-5,7,9-10H2,2-3H3/t10-,13-,15-,17-,22-,27-;14-,15-,16-,19+,20-/m00/s1. The Hall–Kier alpha value is -4.83. The number of carbonyl (C=O) groups is 5. The fourth-order valence-corrected chi connectivity index (χ4v) is 11.7. The second-order valence-corrected chi connectivity index (χ2v) is 18.3. The van der Waals surface area contributed by atoms with Crippen LogP contribution in [-0.2, 0) is 30.3 Å². The summed E-state index contributed by atoms with van der Waals surface area (Å²) >= 11 is 0. The number of ether oxygens (including phenoxy) is 3. The van der Waals surface area contributed by atoms with Crippen molar-refractivity contribution in [3.05, 3.63) is 87.5 Å². The van der Waals surface area contributed by atoms with Crippen LogP contribution in [0.2, 0.25) is 0 Å². The molecule has 1 aliphatic heterocycles. The van der Waals surface area contributed by atoms with Gasteiger partial charge in [-0.25, -0.2) is 0 Å². The molecule has 3 saturated carbocycles. The number of hydrogen-bond donors (Lipinski definition) is 6. The zero-order valence-electron chi connectivity index (χ0n) is 34.7. The van der Waals surface area contributed by atoms with Gasteiger partial charge >= 0.3 is 0 Å². The summed E-state index contributed by atoms with van der Waals surface area (Å²) in [4.78, 5) is 63.9. The maximum atomic E-state index is 13.6. The fourth-order valence-electron chi connectivity index (χ4n) is 11.7. The second kappa shape index (κ2) is 15.2. The van der Waals surface area contributed by atoms with Gasteiger partial charge in [-0.05, 0) is 74.2 Å². The number of nitrogens with two attached hydrogens (primary N) is 1. The predicted octanol–water partition coefficient (Wildman–Crippen LogP) is 4.03. The number of benzene rings is 2. The zero-order chi connectivity index (χ0) is 44.1. The summed E-state index contributed by atoms with van der Waals surface area (Å²) in [6, 6.07) is 3.64. The van der Waals surface area contributed by atoms with Crippen LogP contribution in [0.3, 0.4) is 0 Å². The van der Waals surface area contributed by atoms with Crippen molar-refractivity contribution in [1.29, 1.82) is 0 Å². The minimum atomic E-state index is -2.24. The molecular formula is C47H53NO13. The van der Waals surface area contributed by atoms with Crippen molar-refractivity contribution in [2.24, 2.45) is 34.3 Å². The van der Waals surface area contributed by atoms with Crippen molar-refractivity contribution in [2.75, 3.05) is 13.7 Å². The summed E-state index contributed by atoms with van der Waals surface area (Å²) in [5.41, 5.74) is 4.46. The summed E-state index contributed by atoms with van der Waals surface area (Å²) in [5, 5.41) is 53.7. The molecule has 9 rings (SSSR count). The van der Waals surface area contributed by atoms with E-state index < -0.39 is 95.7 Å². The molecule has 1 saturated heterocycles. The molecule has 11 atom stereocenters. The molecule has 0 spiro atoms. The number of aromatic hydroxyl groups is 2. The molecule has 14 heteroatoms. The normalized spacial score (nSPS) is 36.0. The van der Waals surface area contributed by atoms with Crippen LogP contribution in [0.5, 0.6) is 17.2 Å². The SMILES string of the molecule is C=C1C[C@@H]2[C@H](CC[C@]3(C)C(=O)CC[C@@H]23)[C@@]2(C)C=CC(=O)C=C12.COc1cccc2c1C(=O)c1c(O)c3c(c(O)c1C2=O)C[C@@](O)(C(=O)CO)C[C@@H]3O[C@H]1C[C@H](N)[C@@H](O)[C@H](C)O1. The van der Waals surface area contributed by atoms with Crippen LogP contribution in [0.25, 0.3) is 0 Å². The van der Waals surface area contributed by atoms with Crippen molar-refractivity contribution in [3.8, 4) is 17.2 Å². The third-order valence-electron chi connectivity index (χ3n) is 15.0. The highest BCUT2D eigenvalue weighted by atomic mass is 16.7. The van der Waals surface area contributed by atoms with Crippen molar-refractivity contribution in [3.63, 3.8) is 0 Å². The Bertz CT molecular complexity index is 2330. The molecular weight excluding hydrogens is 787 g/mol. The summed E-state index contributed by atoms with van der Waals surface area (Å²) in [5.74, 6) is -1.63. The Balaban J connectivity index is 0.000000196. The number of fused-ring (bicyclic) bond motifs is 8. The first-order chi connectivity index (χ1) is 28.8. The largest absolute Gasteiger partial charge is 0.507 e. The molecule has 7 aliphatic rings. The molecule has 6 aliphatic carbocycles. The molecule has 2 aromatic carbocycles. The van der Waals surface area contributed by atoms with Gasteiger partial charge in [0.05, 0.1) is 42.1 Å². The molecule has 61 heavy (non-hydrogen) atoms. The number of rotatable bonds is 5. The van der Waals surface area contributed by atoms with Gasteiger partial charge in [-0.3, -0.25) is 24.0 Å². The van der Waals surface area contributed by atoms with Crippen LogP contribution in [-0.4, -0.2) is 98.3 Å². The molecule has 7 N–H and O–H groups in total. The molecule has 324 valence electrons. The Kier molecular flexibility index (Phi) is 10.7. The topological polar surface area (TPSA) is 240 Å². The molecule has 2 aromatic rings. The number of aliphatic hydroxyl groups is 3. The van der Waals surface area contributed by atoms with E-state index in [9.17, 15) is 49.5 Å². The summed E-state index contributed by atoms with van der Waals surface area (Å²) in [7, 11) is 1.32. The van der Waals surface area contributed by atoms with E-state index in [1.165, 1.54) is 25.3 Å². The lowest BCUT2D eigenvalue weighted by molar-refractivity contribution is -0.247. The zero-order valence-corrected chi connectivity index (χ0v) is 34.7. The van der Waals surface area contributed by atoms with Crippen molar-refractivity contribution >= 4 is 28.9 Å². The average molecular weight is 840 g/mol. The smallest absolute Gasteiger partial charge is 0.202 e. The average Bonchev–Trinajstić information content (AvgIpc) is 3.53. The second-order valence-electron chi connectivity index (χ2n) is 18.3. The van der Waals surface area contributed by atoms with Crippen molar-refractivity contribution < 1.29 is 63.7 Å². The Labute approximate surface area is 353 Å². The van der Waals surface area contributed by atoms with Crippen LogP contribution >= 0.6 is 0 Å². The number of ketones is 5. The first kappa shape index (κ1) is 42.8. The van der Waals surface area contributed by atoms with E-state index in [-0.39, 0.29) is 51.0 Å². The minimum Gasteiger partial charge on any atom is -0.507 e. The lowest BCUT2D eigenvalue weighted by Gasteiger charge is -2.56. The first-order valence-corrected chi connectivity index (χ1v) is 20.9. The molecule has 0 aromatic heterocycles. The highest BCUT2D eigenvalue weighted by molar-refractivity contribution is 6.31. The molecule has 0 radical (unpaired) electrons. The van der Waals surface area contributed by atoms with E-state index >= 15 is 0 Å². The third kappa shape index (κ3) is 6.56. The molecule has 0 bridgehead atoms. The van der Waals surface area contributed by atoms with Gasteiger partial charge in [-0.15, -0.1) is 0 Å². The predicted molar refractivity (Wildman–Crippen MR) is 218 cm³/mol. The number of phenols is 2. The van der Waals surface area contributed by atoms with Crippen LogP contribution in [0.15, 0.2) is 54.2 Å². The number of aliphatic hydroxyl groups excluding tert-OH is 2. The van der Waals surface area contributed by atoms with Crippen molar-refractivity contribution in [1.82, 2.24) is 0 Å². The summed E-state index contributed by atoms with van der Waals surface area (Å²) in [6.07, 6.45) is 5.37. The number of allylic oxidation sites excluding steroid dienone is 5. The summed E-state index contributed by atoms with van der Waals surface area (Å²) in [6.45, 7) is 9.31. The highest BCUT2D eigenvalue weighted by Gasteiger charge is 2.59. The van der Waals surface area contributed by atoms with Crippen LogP contribution in [0.1, 0.15) is 115 Å². The van der Waals surface area contributed by atoms with Crippen LogP contribution in [0, 0.1) is 28.6 Å². The highest BCUT2D eigenvalue weighted by Crippen LogP contribution is 2.64. The van der Waals surface area contributed by atoms with Crippen LogP contribution < -0.4 is 10.5 Å². The molecule has 14 nitrogen and oxygen atoms in total. The molecule has 4 fully saturated rings. The van der Waals surface area contributed by atoms with Gasteiger partial charge < -0.3 is 45.5 Å². The Morgan fingerprint density at radius 3 is 2.44 bits per heavy atom. The molecule has 0 unspecified atom stereocenters. The van der Waals surface area contributed by atoms with E-state index in [1.54, 1.807) is 19.1 Å². The lowest BCUT2D eigenvalue weighted by atomic mass is 9.48. The van der Waals surface area contributed by atoms with E-state index in [2.05, 4.69) is 26.5 Å². The van der Waals surface area contributed by atoms with Gasteiger partial charge in [-0.2, -0.15) is 0 Å². The number of hydrogen-bond acceptors (Lipinski definition) is 14. The first-order valence-electron chi connectivity index (χ1n) is 20.9. The fraction of sp³-hybridized carbons (Fsp3) is 0.511. The number of carbonyl (C=O) groups excluding carboxylic acids is 5. The third-order valence-corrected chi connectivity index (χ3v) is 15.0. The quantitative estimate of drug-likeness (QED) is 0.199. The maximum absolute atomic E-state index is 13.6. The molecule has 1 heterocycles. The van der Waals surface area contributed by atoms with Gasteiger partial charge in [0, 0.05) is 59.2 Å². The number of Topliss-reactive ketones (excluding diaryl/α,β-unsaturated/α-hetero) is 2. The van der Waals surface area contributed by atoms with E-state index in [0.29, 0.717) is 23.5 Å². The summed E-state index contributed by atoms with van der Waals surface area (Å²) < 4.78 is 17.0. The maximum Gasteiger partial charge on any atom is 0.202 e. The van der Waals surface area contributed by atoms with Gasteiger partial charge in [0.1, 0.15) is 35.2 Å². The van der Waals surface area contributed by atoms with E-state index in [0.717, 1.165) is 43.3 Å². The van der Waals surface area contributed by atoms with Gasteiger partial charge in [0.2, 0.25) is 5.78 Å². The number of methoxy groups -OCH3 is 1. The van der Waals surface area contributed by atoms with E-state index in [4.69, 9.17) is 19.9 Å². The Morgan fingerprint density at radius 1 is 1.03 bits per heavy atom. The van der Waals surface area contributed by atoms with Crippen LogP contribution in [0.4, 0.5) is 0 Å².